The van der Waals surface area contributed by atoms with Gasteiger partial charge in [0.1, 0.15) is 15.8 Å². The summed E-state index contributed by atoms with van der Waals surface area (Å²) in [6, 6.07) is 23.5. The Morgan fingerprint density at radius 3 is 2.53 bits per heavy atom. The van der Waals surface area contributed by atoms with Crippen LogP contribution in [-0.4, -0.2) is 23.0 Å². The third-order valence-corrected chi connectivity index (χ3v) is 6.97. The van der Waals surface area contributed by atoms with E-state index in [1.54, 1.807) is 18.4 Å². The zero-order chi connectivity index (χ0) is 21.9. The number of nitrogens with zero attached hydrogens (tertiary/aromatic N) is 2. The minimum Gasteiger partial charge on any atom is -0.497 e. The van der Waals surface area contributed by atoms with Crippen LogP contribution in [0.15, 0.2) is 78.2 Å². The van der Waals surface area contributed by atoms with Crippen LogP contribution in [0, 0.1) is 0 Å². The number of hydrogen-bond donors (Lipinski definition) is 1. The second-order valence-corrected chi connectivity index (χ2v) is 9.02. The van der Waals surface area contributed by atoms with Gasteiger partial charge in [-0.15, -0.1) is 22.7 Å². The molecule has 3 aromatic carbocycles. The molecule has 0 saturated carbocycles. The maximum absolute atomic E-state index is 12.8. The maximum atomic E-state index is 12.8. The lowest BCUT2D eigenvalue weighted by Gasteiger charge is -2.08. The fraction of sp³-hybridized carbons (Fsp3) is 0.0800. The van der Waals surface area contributed by atoms with Crippen molar-refractivity contribution in [1.82, 2.24) is 9.97 Å². The number of rotatable bonds is 6. The topological polar surface area (TPSA) is 64.1 Å². The van der Waals surface area contributed by atoms with Crippen molar-refractivity contribution in [3.8, 4) is 26.9 Å². The van der Waals surface area contributed by atoms with Gasteiger partial charge in [0.05, 0.1) is 35.1 Å². The number of amides is 1. The number of carbonyl (C=O) groups excluding carboxylic acids is 1. The number of para-hydroxylation sites is 2. The smallest absolute Gasteiger partial charge is 0.230 e. The number of anilines is 1. The first kappa shape index (κ1) is 20.4. The van der Waals surface area contributed by atoms with E-state index in [1.165, 1.54) is 11.3 Å². The van der Waals surface area contributed by atoms with Crippen molar-refractivity contribution in [2.75, 3.05) is 12.4 Å². The number of aromatic nitrogens is 2. The molecule has 2 heterocycles. The summed E-state index contributed by atoms with van der Waals surface area (Å²) in [5, 5.41) is 6.74. The molecule has 32 heavy (non-hydrogen) atoms. The Balaban J connectivity index is 1.32. The molecule has 2 aromatic heterocycles. The molecule has 0 aliphatic carbocycles. The van der Waals surface area contributed by atoms with E-state index in [1.807, 2.05) is 72.1 Å². The predicted octanol–water partition coefficient (Wildman–Crippen LogP) is 6.28. The van der Waals surface area contributed by atoms with Crippen LogP contribution < -0.4 is 10.1 Å². The Morgan fingerprint density at radius 2 is 1.72 bits per heavy atom. The molecule has 0 aliphatic heterocycles. The SMILES string of the molecule is COc1ccc(-c2nc(CC(=O)Nc3ccccc3-c3nc4ccccc4s3)cs2)cc1. The number of carbonyl (C=O) groups is 1. The van der Waals surface area contributed by atoms with Crippen LogP contribution in [0.4, 0.5) is 5.69 Å². The molecular formula is C25H19N3O2S2. The number of fused-ring (bicyclic) bond motifs is 1. The van der Waals surface area contributed by atoms with Gasteiger partial charge < -0.3 is 10.1 Å². The summed E-state index contributed by atoms with van der Waals surface area (Å²) in [6.45, 7) is 0. The van der Waals surface area contributed by atoms with Gasteiger partial charge in [-0.3, -0.25) is 4.79 Å². The number of benzene rings is 3. The molecule has 7 heteroatoms. The van der Waals surface area contributed by atoms with E-state index in [4.69, 9.17) is 9.72 Å². The van der Waals surface area contributed by atoms with E-state index in [0.29, 0.717) is 0 Å². The average molecular weight is 458 g/mol. The van der Waals surface area contributed by atoms with Gasteiger partial charge >= 0.3 is 0 Å². The number of thiazole rings is 2. The minimum absolute atomic E-state index is 0.106. The lowest BCUT2D eigenvalue weighted by atomic mass is 10.1. The summed E-state index contributed by atoms with van der Waals surface area (Å²) < 4.78 is 6.33. The standard InChI is InChI=1S/C25H19N3O2S2/c1-30-18-12-10-16(11-13-18)24-26-17(15-31-24)14-23(29)27-20-7-3-2-6-19(20)25-28-21-8-4-5-9-22(21)32-25/h2-13,15H,14H2,1H3,(H,27,29). The van der Waals surface area contributed by atoms with Crippen LogP contribution >= 0.6 is 22.7 Å². The van der Waals surface area contributed by atoms with Gasteiger partial charge in [0.2, 0.25) is 5.91 Å². The monoisotopic (exact) mass is 457 g/mol. The molecule has 0 aliphatic rings. The molecule has 0 fully saturated rings. The summed E-state index contributed by atoms with van der Waals surface area (Å²) in [5.41, 5.74) is 4.38. The first-order valence-corrected chi connectivity index (χ1v) is 11.7. The van der Waals surface area contributed by atoms with E-state index in [9.17, 15) is 4.79 Å². The molecule has 5 rings (SSSR count). The summed E-state index contributed by atoms with van der Waals surface area (Å²) in [7, 11) is 1.64. The van der Waals surface area contributed by atoms with Gasteiger partial charge in [-0.2, -0.15) is 0 Å². The van der Waals surface area contributed by atoms with Crippen molar-refractivity contribution in [3.63, 3.8) is 0 Å². The highest BCUT2D eigenvalue weighted by Gasteiger charge is 2.14. The Labute approximate surface area is 193 Å². The predicted molar refractivity (Wildman–Crippen MR) is 131 cm³/mol. The highest BCUT2D eigenvalue weighted by Crippen LogP contribution is 2.34. The average Bonchev–Trinajstić information content (AvgIpc) is 3.46. The summed E-state index contributed by atoms with van der Waals surface area (Å²) in [5.74, 6) is 0.696. The van der Waals surface area contributed by atoms with Crippen LogP contribution in [0.2, 0.25) is 0 Å². The first-order valence-electron chi connectivity index (χ1n) is 10.0. The summed E-state index contributed by atoms with van der Waals surface area (Å²) in [6.07, 6.45) is 0.209. The molecule has 0 bridgehead atoms. The Kier molecular flexibility index (Phi) is 5.66. The number of methoxy groups -OCH3 is 1. The summed E-state index contributed by atoms with van der Waals surface area (Å²) in [4.78, 5) is 22.2. The molecule has 5 aromatic rings. The third-order valence-electron chi connectivity index (χ3n) is 4.96. The molecule has 0 atom stereocenters. The highest BCUT2D eigenvalue weighted by atomic mass is 32.1. The Hall–Kier alpha value is -3.55. The van der Waals surface area contributed by atoms with Crippen molar-refractivity contribution < 1.29 is 9.53 Å². The fourth-order valence-electron chi connectivity index (χ4n) is 3.38. The largest absolute Gasteiger partial charge is 0.497 e. The number of ether oxygens (including phenoxy) is 1. The lowest BCUT2D eigenvalue weighted by Crippen LogP contribution is -2.15. The van der Waals surface area contributed by atoms with Crippen molar-refractivity contribution in [3.05, 3.63) is 83.9 Å². The Bertz CT molecular complexity index is 1360. The fourth-order valence-corrected chi connectivity index (χ4v) is 5.21. The van der Waals surface area contributed by atoms with E-state index in [2.05, 4.69) is 16.4 Å². The highest BCUT2D eigenvalue weighted by molar-refractivity contribution is 7.21. The van der Waals surface area contributed by atoms with Crippen LogP contribution in [0.5, 0.6) is 5.75 Å². The molecule has 0 radical (unpaired) electrons. The van der Waals surface area contributed by atoms with Crippen molar-refractivity contribution >= 4 is 44.5 Å². The van der Waals surface area contributed by atoms with Gasteiger partial charge in [0, 0.05) is 16.5 Å². The van der Waals surface area contributed by atoms with Crippen LogP contribution in [-0.2, 0) is 11.2 Å². The zero-order valence-electron chi connectivity index (χ0n) is 17.2. The second-order valence-electron chi connectivity index (χ2n) is 7.13. The molecule has 5 nitrogen and oxygen atoms in total. The summed E-state index contributed by atoms with van der Waals surface area (Å²) >= 11 is 3.14. The van der Waals surface area contributed by atoms with Gasteiger partial charge in [0.25, 0.3) is 0 Å². The maximum Gasteiger partial charge on any atom is 0.230 e. The first-order chi connectivity index (χ1) is 15.7. The Morgan fingerprint density at radius 1 is 0.938 bits per heavy atom. The van der Waals surface area contributed by atoms with E-state index < -0.39 is 0 Å². The normalized spacial score (nSPS) is 10.9. The molecular weight excluding hydrogens is 438 g/mol. The molecule has 158 valence electrons. The second kappa shape index (κ2) is 8.90. The van der Waals surface area contributed by atoms with E-state index in [-0.39, 0.29) is 12.3 Å². The third kappa shape index (κ3) is 4.26. The lowest BCUT2D eigenvalue weighted by molar-refractivity contribution is -0.115. The van der Waals surface area contributed by atoms with Crippen molar-refractivity contribution in [2.24, 2.45) is 0 Å². The van der Waals surface area contributed by atoms with Crippen molar-refractivity contribution in [1.29, 1.82) is 0 Å². The van der Waals surface area contributed by atoms with Gasteiger partial charge in [-0.05, 0) is 48.5 Å². The van der Waals surface area contributed by atoms with Crippen LogP contribution in [0.3, 0.4) is 0 Å². The van der Waals surface area contributed by atoms with Crippen LogP contribution in [0.25, 0.3) is 31.4 Å². The number of hydrogen-bond acceptors (Lipinski definition) is 6. The molecule has 0 spiro atoms. The van der Waals surface area contributed by atoms with Crippen molar-refractivity contribution in [2.45, 2.75) is 6.42 Å². The van der Waals surface area contributed by atoms with E-state index >= 15 is 0 Å². The molecule has 0 saturated heterocycles. The molecule has 1 N–H and O–H groups in total. The molecule has 0 unspecified atom stereocenters. The van der Waals surface area contributed by atoms with Gasteiger partial charge in [-0.1, -0.05) is 24.3 Å². The van der Waals surface area contributed by atoms with Crippen LogP contribution in [0.1, 0.15) is 5.69 Å². The minimum atomic E-state index is -0.106. The molecule has 1 amide bonds. The van der Waals surface area contributed by atoms with Gasteiger partial charge in [-0.25, -0.2) is 9.97 Å². The quantitative estimate of drug-likeness (QED) is 0.326. The van der Waals surface area contributed by atoms with Gasteiger partial charge in [0.15, 0.2) is 0 Å². The van der Waals surface area contributed by atoms with E-state index in [0.717, 1.165) is 48.5 Å². The zero-order valence-corrected chi connectivity index (χ0v) is 18.9. The number of nitrogens with one attached hydrogen (secondary N) is 1.